The second-order valence-corrected chi connectivity index (χ2v) is 7.41. The van der Waals surface area contributed by atoms with E-state index in [2.05, 4.69) is 15.1 Å². The second-order valence-electron chi connectivity index (χ2n) is 5.77. The molecule has 0 aliphatic heterocycles. The number of hydrogen-bond donors (Lipinski definition) is 0. The van der Waals surface area contributed by atoms with Gasteiger partial charge in [0.2, 0.25) is 11.7 Å². The third-order valence-corrected chi connectivity index (χ3v) is 5.32. The van der Waals surface area contributed by atoms with Crippen molar-refractivity contribution >= 4 is 28.6 Å². The first-order valence-electron chi connectivity index (χ1n) is 8.33. The minimum atomic E-state index is -0.412. The Morgan fingerprint density at radius 3 is 2.68 bits per heavy atom. The Kier molecular flexibility index (Phi) is 5.45. The number of benzene rings is 1. The van der Waals surface area contributed by atoms with Crippen molar-refractivity contribution in [2.24, 2.45) is 0 Å². The van der Waals surface area contributed by atoms with Crippen molar-refractivity contribution in [1.82, 2.24) is 15.1 Å². The number of esters is 1. The van der Waals surface area contributed by atoms with Crippen molar-refractivity contribution in [1.29, 1.82) is 0 Å². The molecule has 3 aromatic heterocycles. The first-order chi connectivity index (χ1) is 13.7. The van der Waals surface area contributed by atoms with Gasteiger partial charge in [0.05, 0.1) is 11.3 Å². The topological polar surface area (TPSA) is 87.3 Å². The van der Waals surface area contributed by atoms with Crippen LogP contribution < -0.4 is 4.74 Å². The van der Waals surface area contributed by atoms with Gasteiger partial charge < -0.3 is 14.0 Å². The van der Waals surface area contributed by atoms with Crippen LogP contribution in [0.15, 0.2) is 51.0 Å². The molecule has 4 rings (SSSR count). The fourth-order valence-electron chi connectivity index (χ4n) is 2.35. The molecule has 0 saturated heterocycles. The highest BCUT2D eigenvalue weighted by Crippen LogP contribution is 2.26. The molecule has 0 atom stereocenters. The van der Waals surface area contributed by atoms with E-state index in [1.165, 1.54) is 11.3 Å². The van der Waals surface area contributed by atoms with Crippen LogP contribution in [0, 0.1) is 6.92 Å². The zero-order valence-corrected chi connectivity index (χ0v) is 16.5. The molecular formula is C19H15N3O4S2. The van der Waals surface area contributed by atoms with Gasteiger partial charge in [-0.15, -0.1) is 11.3 Å². The van der Waals surface area contributed by atoms with Crippen molar-refractivity contribution in [3.8, 4) is 16.3 Å². The molecule has 1 aromatic carbocycles. The second kappa shape index (κ2) is 8.32. The summed E-state index contributed by atoms with van der Waals surface area (Å²) in [6, 6.07) is 8.71. The quantitative estimate of drug-likeness (QED) is 0.412. The first-order valence-corrected chi connectivity index (χ1v) is 10.2. The summed E-state index contributed by atoms with van der Waals surface area (Å²) < 4.78 is 15.8. The molecule has 0 amide bonds. The summed E-state index contributed by atoms with van der Waals surface area (Å²) >= 11 is 3.16. The number of aromatic nitrogens is 3. The van der Waals surface area contributed by atoms with Gasteiger partial charge in [0.1, 0.15) is 17.4 Å². The molecule has 3 heterocycles. The molecule has 0 saturated carbocycles. The van der Waals surface area contributed by atoms with E-state index in [1.54, 1.807) is 42.5 Å². The minimum absolute atomic E-state index is 0.134. The van der Waals surface area contributed by atoms with Crippen molar-refractivity contribution in [2.75, 3.05) is 0 Å². The summed E-state index contributed by atoms with van der Waals surface area (Å²) in [5.41, 5.74) is 2.25. The predicted molar refractivity (Wildman–Crippen MR) is 104 cm³/mol. The van der Waals surface area contributed by atoms with Crippen molar-refractivity contribution in [2.45, 2.75) is 20.1 Å². The highest BCUT2D eigenvalue weighted by molar-refractivity contribution is 7.14. The van der Waals surface area contributed by atoms with Crippen LogP contribution in [0.2, 0.25) is 0 Å². The summed E-state index contributed by atoms with van der Waals surface area (Å²) in [4.78, 5) is 20.8. The maximum absolute atomic E-state index is 12.2. The van der Waals surface area contributed by atoms with Gasteiger partial charge >= 0.3 is 5.97 Å². The molecule has 0 fully saturated rings. The lowest BCUT2D eigenvalue weighted by atomic mass is 10.2. The SMILES string of the molecule is Cc1nc(COc2ccc(C(=O)OCc3csc(-c4ccsc4)n3)cc2)no1. The molecule has 28 heavy (non-hydrogen) atoms. The zero-order valence-electron chi connectivity index (χ0n) is 14.8. The van der Waals surface area contributed by atoms with E-state index in [0.29, 0.717) is 23.0 Å². The van der Waals surface area contributed by atoms with Crippen LogP contribution >= 0.6 is 22.7 Å². The van der Waals surface area contributed by atoms with Crippen LogP contribution in [-0.2, 0) is 18.0 Å². The number of hydrogen-bond acceptors (Lipinski definition) is 9. The number of thiophene rings is 1. The van der Waals surface area contributed by atoms with Crippen LogP contribution in [0.5, 0.6) is 5.75 Å². The third kappa shape index (κ3) is 4.44. The Hall–Kier alpha value is -3.04. The number of thiazole rings is 1. The Bertz CT molecular complexity index is 1060. The van der Waals surface area contributed by atoms with E-state index in [-0.39, 0.29) is 13.2 Å². The molecule has 7 nitrogen and oxygen atoms in total. The Labute approximate surface area is 168 Å². The molecule has 0 N–H and O–H groups in total. The lowest BCUT2D eigenvalue weighted by molar-refractivity contribution is 0.0468. The normalized spacial score (nSPS) is 10.8. The molecule has 0 aliphatic carbocycles. The molecular weight excluding hydrogens is 398 g/mol. The molecule has 0 radical (unpaired) electrons. The summed E-state index contributed by atoms with van der Waals surface area (Å²) in [6.07, 6.45) is 0. The maximum Gasteiger partial charge on any atom is 0.338 e. The fourth-order valence-corrected chi connectivity index (χ4v) is 3.87. The van der Waals surface area contributed by atoms with Gasteiger partial charge in [-0.25, -0.2) is 9.78 Å². The summed E-state index contributed by atoms with van der Waals surface area (Å²) in [5.74, 6) is 1.13. The summed E-state index contributed by atoms with van der Waals surface area (Å²) in [7, 11) is 0. The summed E-state index contributed by atoms with van der Waals surface area (Å²) in [5, 5.41) is 10.6. The van der Waals surface area contributed by atoms with Crippen LogP contribution in [-0.4, -0.2) is 21.1 Å². The van der Waals surface area contributed by atoms with Gasteiger partial charge in [-0.3, -0.25) is 0 Å². The van der Waals surface area contributed by atoms with Gasteiger partial charge in [-0.1, -0.05) is 5.16 Å². The number of carbonyl (C=O) groups is 1. The number of rotatable bonds is 7. The standard InChI is InChI=1S/C19H15N3O4S2/c1-12-20-17(22-26-12)9-24-16-4-2-13(3-5-16)19(23)25-8-15-11-28-18(21-15)14-6-7-27-10-14/h2-7,10-11H,8-9H2,1H3. The zero-order chi connectivity index (χ0) is 19.3. The maximum atomic E-state index is 12.2. The number of nitrogens with zero attached hydrogens (tertiary/aromatic N) is 3. The van der Waals surface area contributed by atoms with Gasteiger partial charge in [0, 0.05) is 23.2 Å². The average molecular weight is 413 g/mol. The lowest BCUT2D eigenvalue weighted by Crippen LogP contribution is -2.05. The van der Waals surface area contributed by atoms with E-state index in [0.717, 1.165) is 16.3 Å². The molecule has 9 heteroatoms. The van der Waals surface area contributed by atoms with Crippen LogP contribution in [0.1, 0.15) is 27.8 Å². The Morgan fingerprint density at radius 2 is 1.96 bits per heavy atom. The van der Waals surface area contributed by atoms with Crippen molar-refractivity contribution in [3.63, 3.8) is 0 Å². The molecule has 0 unspecified atom stereocenters. The minimum Gasteiger partial charge on any atom is -0.485 e. The van der Waals surface area contributed by atoms with Crippen LogP contribution in [0.25, 0.3) is 10.6 Å². The first kappa shape index (κ1) is 18.3. The van der Waals surface area contributed by atoms with E-state index in [1.807, 2.05) is 22.2 Å². The number of aryl methyl sites for hydroxylation is 1. The van der Waals surface area contributed by atoms with E-state index in [4.69, 9.17) is 14.0 Å². The number of ether oxygens (including phenoxy) is 2. The van der Waals surface area contributed by atoms with Gasteiger partial charge in [0.25, 0.3) is 0 Å². The lowest BCUT2D eigenvalue weighted by Gasteiger charge is -2.05. The average Bonchev–Trinajstić information content (AvgIpc) is 3.46. The van der Waals surface area contributed by atoms with E-state index < -0.39 is 5.97 Å². The molecule has 0 spiro atoms. The van der Waals surface area contributed by atoms with Crippen LogP contribution in [0.4, 0.5) is 0 Å². The largest absolute Gasteiger partial charge is 0.485 e. The molecule has 0 aliphatic rings. The van der Waals surface area contributed by atoms with E-state index >= 15 is 0 Å². The van der Waals surface area contributed by atoms with Crippen molar-refractivity contribution in [3.05, 3.63) is 69.4 Å². The Morgan fingerprint density at radius 1 is 1.11 bits per heavy atom. The highest BCUT2D eigenvalue weighted by Gasteiger charge is 2.11. The monoisotopic (exact) mass is 413 g/mol. The smallest absolute Gasteiger partial charge is 0.338 e. The fraction of sp³-hybridized carbons (Fsp3) is 0.158. The molecule has 0 bridgehead atoms. The molecule has 142 valence electrons. The predicted octanol–water partition coefficient (Wildman–Crippen LogP) is 4.50. The highest BCUT2D eigenvalue weighted by atomic mass is 32.1. The number of carbonyl (C=O) groups excluding carboxylic acids is 1. The third-order valence-electron chi connectivity index (χ3n) is 3.70. The van der Waals surface area contributed by atoms with Gasteiger partial charge in [0.15, 0.2) is 6.61 Å². The van der Waals surface area contributed by atoms with Gasteiger partial charge in [-0.05, 0) is 35.7 Å². The van der Waals surface area contributed by atoms with Crippen LogP contribution in [0.3, 0.4) is 0 Å². The van der Waals surface area contributed by atoms with E-state index in [9.17, 15) is 4.79 Å². The Balaban J connectivity index is 1.30. The summed E-state index contributed by atoms with van der Waals surface area (Å²) in [6.45, 7) is 2.04. The molecule has 4 aromatic rings. The van der Waals surface area contributed by atoms with Crippen molar-refractivity contribution < 1.29 is 18.8 Å². The van der Waals surface area contributed by atoms with Gasteiger partial charge in [-0.2, -0.15) is 16.3 Å².